The summed E-state index contributed by atoms with van der Waals surface area (Å²) in [6.45, 7) is 2.02. The average Bonchev–Trinajstić information content (AvgIpc) is 2.50. The molecule has 0 bridgehead atoms. The molecule has 0 aliphatic heterocycles. The number of hydrogen-bond acceptors (Lipinski definition) is 2. The van der Waals surface area contributed by atoms with Crippen molar-refractivity contribution in [3.05, 3.63) is 65.2 Å². The highest BCUT2D eigenvalue weighted by molar-refractivity contribution is 6.04. The van der Waals surface area contributed by atoms with E-state index in [-0.39, 0.29) is 11.6 Å². The van der Waals surface area contributed by atoms with Gasteiger partial charge in [0.1, 0.15) is 0 Å². The summed E-state index contributed by atoms with van der Waals surface area (Å²) >= 11 is 0. The third-order valence-corrected chi connectivity index (χ3v) is 3.28. The van der Waals surface area contributed by atoms with Gasteiger partial charge in [0.25, 0.3) is 5.91 Å². The minimum Gasteiger partial charge on any atom is -0.322 e. The molecule has 0 aromatic heterocycles. The second-order valence-corrected chi connectivity index (χ2v) is 4.72. The molecule has 0 heterocycles. The van der Waals surface area contributed by atoms with Crippen molar-refractivity contribution in [2.24, 2.45) is 0 Å². The first-order valence-corrected chi connectivity index (χ1v) is 6.55. The Morgan fingerprint density at radius 1 is 1.05 bits per heavy atom. The zero-order valence-corrected chi connectivity index (χ0v) is 11.8. The van der Waals surface area contributed by atoms with Crippen LogP contribution in [0.5, 0.6) is 0 Å². The summed E-state index contributed by atoms with van der Waals surface area (Å²) in [7, 11) is 1.86. The van der Waals surface area contributed by atoms with Crippen molar-refractivity contribution in [2.45, 2.75) is 13.0 Å². The van der Waals surface area contributed by atoms with Gasteiger partial charge in [0.2, 0.25) is 0 Å². The van der Waals surface area contributed by atoms with Gasteiger partial charge in [0.15, 0.2) is 11.6 Å². The molecule has 0 aliphatic carbocycles. The number of nitrogens with one attached hydrogen (secondary N) is 2. The third kappa shape index (κ3) is 3.64. The molecule has 0 saturated heterocycles. The van der Waals surface area contributed by atoms with Crippen LogP contribution in [0.25, 0.3) is 0 Å². The maximum atomic E-state index is 13.1. The Morgan fingerprint density at radius 3 is 2.29 bits per heavy atom. The van der Waals surface area contributed by atoms with Crippen LogP contribution in [-0.2, 0) is 0 Å². The number of carbonyl (C=O) groups excluding carboxylic acids is 1. The molecule has 1 atom stereocenters. The molecule has 5 heteroatoms. The predicted octanol–water partition coefficient (Wildman–Crippen LogP) is 3.50. The van der Waals surface area contributed by atoms with E-state index in [4.69, 9.17) is 0 Å². The van der Waals surface area contributed by atoms with E-state index in [1.165, 1.54) is 6.07 Å². The zero-order valence-electron chi connectivity index (χ0n) is 11.8. The van der Waals surface area contributed by atoms with Gasteiger partial charge in [-0.15, -0.1) is 0 Å². The van der Waals surface area contributed by atoms with E-state index in [1.54, 1.807) is 12.1 Å². The monoisotopic (exact) mass is 290 g/mol. The van der Waals surface area contributed by atoms with Crippen LogP contribution < -0.4 is 10.6 Å². The molecule has 110 valence electrons. The first-order chi connectivity index (χ1) is 10.0. The highest BCUT2D eigenvalue weighted by atomic mass is 19.2. The maximum absolute atomic E-state index is 13.1. The van der Waals surface area contributed by atoms with E-state index in [0.29, 0.717) is 5.69 Å². The fraction of sp³-hybridized carbons (Fsp3) is 0.188. The first-order valence-electron chi connectivity index (χ1n) is 6.55. The lowest BCUT2D eigenvalue weighted by molar-refractivity contribution is 0.102. The molecule has 0 radical (unpaired) electrons. The molecule has 2 aromatic rings. The van der Waals surface area contributed by atoms with Gasteiger partial charge in [-0.25, -0.2) is 8.78 Å². The Bertz CT molecular complexity index is 641. The number of amides is 1. The smallest absolute Gasteiger partial charge is 0.255 e. The van der Waals surface area contributed by atoms with Gasteiger partial charge in [-0.1, -0.05) is 12.1 Å². The van der Waals surface area contributed by atoms with Gasteiger partial charge >= 0.3 is 0 Å². The number of hydrogen-bond donors (Lipinski definition) is 2. The van der Waals surface area contributed by atoms with Gasteiger partial charge in [0.05, 0.1) is 0 Å². The van der Waals surface area contributed by atoms with Gasteiger partial charge in [-0.2, -0.15) is 0 Å². The van der Waals surface area contributed by atoms with Crippen molar-refractivity contribution in [2.75, 3.05) is 12.4 Å². The van der Waals surface area contributed by atoms with Crippen molar-refractivity contribution in [1.29, 1.82) is 0 Å². The van der Waals surface area contributed by atoms with Crippen LogP contribution >= 0.6 is 0 Å². The molecule has 0 aliphatic rings. The lowest BCUT2D eigenvalue weighted by Crippen LogP contribution is -2.14. The third-order valence-electron chi connectivity index (χ3n) is 3.28. The van der Waals surface area contributed by atoms with Crippen LogP contribution in [0, 0.1) is 11.6 Å². The van der Waals surface area contributed by atoms with E-state index < -0.39 is 17.5 Å². The average molecular weight is 290 g/mol. The lowest BCUT2D eigenvalue weighted by atomic mass is 10.1. The van der Waals surface area contributed by atoms with Crippen LogP contribution in [-0.4, -0.2) is 13.0 Å². The Hall–Kier alpha value is -2.27. The molecular weight excluding hydrogens is 274 g/mol. The van der Waals surface area contributed by atoms with Crippen LogP contribution in [0.2, 0.25) is 0 Å². The summed E-state index contributed by atoms with van der Waals surface area (Å²) in [5.41, 5.74) is 1.75. The molecule has 2 aromatic carbocycles. The molecule has 2 rings (SSSR count). The second-order valence-electron chi connectivity index (χ2n) is 4.72. The normalized spacial score (nSPS) is 12.0. The maximum Gasteiger partial charge on any atom is 0.255 e. The Balaban J connectivity index is 2.10. The topological polar surface area (TPSA) is 41.1 Å². The second kappa shape index (κ2) is 6.45. The van der Waals surface area contributed by atoms with Crippen molar-refractivity contribution in [3.63, 3.8) is 0 Å². The summed E-state index contributed by atoms with van der Waals surface area (Å²) in [4.78, 5) is 11.9. The predicted molar refractivity (Wildman–Crippen MR) is 78.2 cm³/mol. The molecular formula is C16H16F2N2O. The SMILES string of the molecule is CNC(C)c1ccc(NC(=O)c2ccc(F)c(F)c2)cc1. The molecule has 3 nitrogen and oxygen atoms in total. The lowest BCUT2D eigenvalue weighted by Gasteiger charge is -2.11. The number of benzene rings is 2. The van der Waals surface area contributed by atoms with E-state index in [9.17, 15) is 13.6 Å². The van der Waals surface area contributed by atoms with Crippen LogP contribution in [0.1, 0.15) is 28.9 Å². The largest absolute Gasteiger partial charge is 0.322 e. The highest BCUT2D eigenvalue weighted by Crippen LogP contribution is 2.17. The molecule has 0 fully saturated rings. The van der Waals surface area contributed by atoms with Gasteiger partial charge < -0.3 is 10.6 Å². The van der Waals surface area contributed by atoms with Crippen LogP contribution in [0.15, 0.2) is 42.5 Å². The molecule has 0 spiro atoms. The van der Waals surface area contributed by atoms with Crippen LogP contribution in [0.3, 0.4) is 0 Å². The zero-order chi connectivity index (χ0) is 15.4. The van der Waals surface area contributed by atoms with Crippen LogP contribution in [0.4, 0.5) is 14.5 Å². The minimum atomic E-state index is -1.04. The molecule has 2 N–H and O–H groups in total. The van der Waals surface area contributed by atoms with Crippen molar-refractivity contribution >= 4 is 11.6 Å². The summed E-state index contributed by atoms with van der Waals surface area (Å²) in [6.07, 6.45) is 0. The Kier molecular flexibility index (Phi) is 4.65. The summed E-state index contributed by atoms with van der Waals surface area (Å²) < 4.78 is 25.9. The number of carbonyl (C=O) groups is 1. The van der Waals surface area contributed by atoms with E-state index in [1.807, 2.05) is 26.1 Å². The standard InChI is InChI=1S/C16H16F2N2O/c1-10(19-2)11-3-6-13(7-4-11)20-16(21)12-5-8-14(17)15(18)9-12/h3-10,19H,1-2H3,(H,20,21). The number of anilines is 1. The minimum absolute atomic E-state index is 0.0709. The summed E-state index contributed by atoms with van der Waals surface area (Å²) in [5, 5.41) is 5.75. The van der Waals surface area contributed by atoms with Crippen molar-refractivity contribution in [3.8, 4) is 0 Å². The fourth-order valence-electron chi connectivity index (χ4n) is 1.86. The molecule has 1 unspecified atom stereocenters. The quantitative estimate of drug-likeness (QED) is 0.905. The van der Waals surface area contributed by atoms with E-state index in [2.05, 4.69) is 10.6 Å². The Labute approximate surface area is 122 Å². The first kappa shape index (κ1) is 15.1. The molecule has 1 amide bonds. The fourth-order valence-corrected chi connectivity index (χ4v) is 1.86. The number of halogens is 2. The number of rotatable bonds is 4. The molecule has 0 saturated carbocycles. The van der Waals surface area contributed by atoms with Crippen molar-refractivity contribution < 1.29 is 13.6 Å². The molecule has 21 heavy (non-hydrogen) atoms. The Morgan fingerprint density at radius 2 is 1.71 bits per heavy atom. The van der Waals surface area contributed by atoms with E-state index in [0.717, 1.165) is 17.7 Å². The van der Waals surface area contributed by atoms with Gasteiger partial charge in [-0.05, 0) is 49.9 Å². The summed E-state index contributed by atoms with van der Waals surface area (Å²) in [5.74, 6) is -2.50. The summed E-state index contributed by atoms with van der Waals surface area (Å²) in [6, 6.07) is 10.6. The van der Waals surface area contributed by atoms with Crippen molar-refractivity contribution in [1.82, 2.24) is 5.32 Å². The van der Waals surface area contributed by atoms with Gasteiger partial charge in [0, 0.05) is 17.3 Å². The van der Waals surface area contributed by atoms with Gasteiger partial charge in [-0.3, -0.25) is 4.79 Å². The highest BCUT2D eigenvalue weighted by Gasteiger charge is 2.10. The van der Waals surface area contributed by atoms with E-state index >= 15 is 0 Å².